The zero-order valence-electron chi connectivity index (χ0n) is 26.8. The molecule has 0 aromatic heterocycles. The van der Waals surface area contributed by atoms with Crippen molar-refractivity contribution in [3.8, 4) is 0 Å². The van der Waals surface area contributed by atoms with E-state index in [0.29, 0.717) is 12.6 Å². The number of hydrogen-bond acceptors (Lipinski definition) is 7. The van der Waals surface area contributed by atoms with Crippen LogP contribution in [0.4, 0.5) is 0 Å². The maximum atomic E-state index is 5.29. The molecule has 1 aliphatic carbocycles. The highest BCUT2D eigenvalue weighted by atomic mass is 15.3. The summed E-state index contributed by atoms with van der Waals surface area (Å²) in [6.07, 6.45) is 18.7. The third-order valence-corrected chi connectivity index (χ3v) is 8.29. The van der Waals surface area contributed by atoms with Gasteiger partial charge >= 0.3 is 0 Å². The van der Waals surface area contributed by atoms with Gasteiger partial charge < -0.3 is 25.8 Å². The van der Waals surface area contributed by atoms with Crippen molar-refractivity contribution in [3.63, 3.8) is 0 Å². The molecule has 0 spiro atoms. The van der Waals surface area contributed by atoms with Crippen molar-refractivity contribution < 1.29 is 0 Å². The van der Waals surface area contributed by atoms with E-state index < -0.39 is 0 Å². The lowest BCUT2D eigenvalue weighted by atomic mass is 9.94. The highest BCUT2D eigenvalue weighted by Crippen LogP contribution is 2.25. The third kappa shape index (κ3) is 9.86. The molecule has 42 heavy (non-hydrogen) atoms. The molecule has 2 heterocycles. The Hall–Kier alpha value is -3.39. The standard InChI is InChI=1S/C34H54N8/c1-8-20-36-31-25-35-21-18-28(27(31)5)19-22-37-33-26(4)16-17-32(38-24-29(10-3)41(6)7)39-34(40-33)42(23-9-2)30-14-12-11-13-15-30/h8-10,18,20,30,35,37H,1-2,11-17,19,21-25H2,3-7H3,(H,38,39,40)/b29-10-,33-26?,36-20?. The normalized spacial score (nSPS) is 21.6. The Kier molecular flexibility index (Phi) is 13.8. The number of likely N-dealkylation sites (N-methyl/N-ethyl adjacent to an activating group) is 1. The molecule has 0 unspecified atom stereocenters. The Morgan fingerprint density at radius 3 is 2.64 bits per heavy atom. The number of nitrogens with one attached hydrogen (secondary N) is 3. The monoisotopic (exact) mass is 574 g/mol. The molecule has 0 saturated heterocycles. The summed E-state index contributed by atoms with van der Waals surface area (Å²) in [7, 11) is 4.14. The maximum Gasteiger partial charge on any atom is 0.206 e. The number of nitrogens with zero attached hydrogens (tertiary/aromatic N) is 5. The van der Waals surface area contributed by atoms with Gasteiger partial charge in [-0.1, -0.05) is 50.1 Å². The lowest BCUT2D eigenvalue weighted by molar-refractivity contribution is 0.256. The van der Waals surface area contributed by atoms with E-state index in [-0.39, 0.29) is 0 Å². The van der Waals surface area contributed by atoms with Gasteiger partial charge in [0.15, 0.2) is 0 Å². The van der Waals surface area contributed by atoms with Crippen molar-refractivity contribution in [2.45, 2.75) is 78.2 Å². The third-order valence-electron chi connectivity index (χ3n) is 8.29. The van der Waals surface area contributed by atoms with E-state index >= 15 is 0 Å². The number of guanidine groups is 1. The SMILES string of the molecule is C=CC=NC1=C(C)C(CCNC2=C(C)CCC(=NC/C(=C/C)N(C)C)N/C(N(CC=C)C3CCCCC3)=N\2)=CCNC1. The molecule has 8 heteroatoms. The van der Waals surface area contributed by atoms with Crippen LogP contribution in [0.1, 0.15) is 72.1 Å². The van der Waals surface area contributed by atoms with Crippen LogP contribution in [0.5, 0.6) is 0 Å². The minimum absolute atomic E-state index is 0.448. The fourth-order valence-electron chi connectivity index (χ4n) is 5.65. The van der Waals surface area contributed by atoms with Crippen LogP contribution in [0.15, 0.2) is 86.4 Å². The summed E-state index contributed by atoms with van der Waals surface area (Å²) >= 11 is 0. The fourth-order valence-corrected chi connectivity index (χ4v) is 5.65. The zero-order valence-corrected chi connectivity index (χ0v) is 26.8. The van der Waals surface area contributed by atoms with Crippen molar-refractivity contribution in [1.82, 2.24) is 25.8 Å². The van der Waals surface area contributed by atoms with E-state index in [4.69, 9.17) is 9.98 Å². The number of aliphatic imine (C=N–C) groups is 3. The second-order valence-corrected chi connectivity index (χ2v) is 11.5. The van der Waals surface area contributed by atoms with Crippen molar-refractivity contribution in [2.75, 3.05) is 46.8 Å². The number of allylic oxidation sites excluding steroid dienone is 4. The molecule has 230 valence electrons. The van der Waals surface area contributed by atoms with Crippen LogP contribution in [-0.4, -0.2) is 80.7 Å². The predicted molar refractivity (Wildman–Crippen MR) is 181 cm³/mol. The molecule has 0 radical (unpaired) electrons. The first kappa shape index (κ1) is 33.1. The average molecular weight is 575 g/mol. The molecular weight excluding hydrogens is 520 g/mol. The van der Waals surface area contributed by atoms with Gasteiger partial charge in [0.2, 0.25) is 5.96 Å². The average Bonchev–Trinajstić information content (AvgIpc) is 3.16. The molecule has 0 atom stereocenters. The molecule has 0 aromatic carbocycles. The number of hydrogen-bond donors (Lipinski definition) is 3. The van der Waals surface area contributed by atoms with E-state index in [9.17, 15) is 0 Å². The molecule has 1 fully saturated rings. The smallest absolute Gasteiger partial charge is 0.206 e. The molecule has 3 N–H and O–H groups in total. The second kappa shape index (κ2) is 17.5. The molecule has 8 nitrogen and oxygen atoms in total. The number of amidine groups is 1. The fraction of sp³-hybridized carbons (Fsp3) is 0.559. The molecule has 1 saturated carbocycles. The summed E-state index contributed by atoms with van der Waals surface area (Å²) in [5.41, 5.74) is 6.07. The van der Waals surface area contributed by atoms with Crippen LogP contribution in [0, 0.1) is 0 Å². The molecule has 0 amide bonds. The van der Waals surface area contributed by atoms with Gasteiger partial charge in [0.25, 0.3) is 0 Å². The van der Waals surface area contributed by atoms with Gasteiger partial charge in [0.1, 0.15) is 11.7 Å². The summed E-state index contributed by atoms with van der Waals surface area (Å²) in [5.74, 6) is 2.83. The first-order valence-corrected chi connectivity index (χ1v) is 15.7. The van der Waals surface area contributed by atoms with Crippen molar-refractivity contribution in [1.29, 1.82) is 0 Å². The van der Waals surface area contributed by atoms with Crippen molar-refractivity contribution in [3.05, 3.63) is 71.4 Å². The van der Waals surface area contributed by atoms with Crippen LogP contribution >= 0.6 is 0 Å². The Labute approximate surface area is 254 Å². The minimum atomic E-state index is 0.448. The Bertz CT molecular complexity index is 1140. The molecule has 0 bridgehead atoms. The van der Waals surface area contributed by atoms with Gasteiger partial charge in [-0.05, 0) is 63.2 Å². The van der Waals surface area contributed by atoms with Crippen LogP contribution < -0.4 is 16.0 Å². The topological polar surface area (TPSA) is 79.7 Å². The highest BCUT2D eigenvalue weighted by molar-refractivity contribution is 6.00. The summed E-state index contributed by atoms with van der Waals surface area (Å²) in [4.78, 5) is 19.5. The van der Waals surface area contributed by atoms with Gasteiger partial charge in [0.05, 0.1) is 12.2 Å². The quantitative estimate of drug-likeness (QED) is 0.206. The van der Waals surface area contributed by atoms with E-state index in [1.165, 1.54) is 54.5 Å². The summed E-state index contributed by atoms with van der Waals surface area (Å²) < 4.78 is 0. The van der Waals surface area contributed by atoms with E-state index in [0.717, 1.165) is 68.8 Å². The molecular formula is C34H54N8. The number of rotatable bonds is 12. The molecule has 3 rings (SSSR count). The predicted octanol–water partition coefficient (Wildman–Crippen LogP) is 5.68. The van der Waals surface area contributed by atoms with E-state index in [1.807, 2.05) is 6.08 Å². The van der Waals surface area contributed by atoms with Gasteiger partial charge in [0, 0.05) is 64.6 Å². The molecule has 2 aliphatic heterocycles. The summed E-state index contributed by atoms with van der Waals surface area (Å²) in [5, 5.41) is 10.9. The lowest BCUT2D eigenvalue weighted by Gasteiger charge is -2.37. The second-order valence-electron chi connectivity index (χ2n) is 11.5. The van der Waals surface area contributed by atoms with Crippen molar-refractivity contribution in [2.24, 2.45) is 15.0 Å². The Balaban J connectivity index is 1.87. The van der Waals surface area contributed by atoms with Gasteiger partial charge in [-0.2, -0.15) is 4.99 Å². The molecule has 3 aliphatic rings. The lowest BCUT2D eigenvalue weighted by Crippen LogP contribution is -2.50. The maximum absolute atomic E-state index is 5.29. The van der Waals surface area contributed by atoms with Crippen LogP contribution in [0.2, 0.25) is 0 Å². The van der Waals surface area contributed by atoms with Crippen molar-refractivity contribution >= 4 is 18.0 Å². The van der Waals surface area contributed by atoms with E-state index in [2.05, 4.69) is 90.9 Å². The van der Waals surface area contributed by atoms with Crippen LogP contribution in [0.3, 0.4) is 0 Å². The van der Waals surface area contributed by atoms with Crippen LogP contribution in [-0.2, 0) is 0 Å². The minimum Gasteiger partial charge on any atom is -0.380 e. The first-order chi connectivity index (χ1) is 20.4. The first-order valence-electron chi connectivity index (χ1n) is 15.7. The van der Waals surface area contributed by atoms with Gasteiger partial charge in [-0.25, -0.2) is 0 Å². The van der Waals surface area contributed by atoms with Gasteiger partial charge in [-0.15, -0.1) is 6.58 Å². The Morgan fingerprint density at radius 2 is 1.95 bits per heavy atom. The largest absolute Gasteiger partial charge is 0.380 e. The highest BCUT2D eigenvalue weighted by Gasteiger charge is 2.26. The zero-order chi connectivity index (χ0) is 30.3. The summed E-state index contributed by atoms with van der Waals surface area (Å²) in [6, 6.07) is 0.448. The molecule has 0 aromatic rings. The van der Waals surface area contributed by atoms with Crippen LogP contribution in [0.25, 0.3) is 0 Å². The van der Waals surface area contributed by atoms with Gasteiger partial charge in [-0.3, -0.25) is 9.98 Å². The van der Waals surface area contributed by atoms with E-state index in [1.54, 1.807) is 12.3 Å². The summed E-state index contributed by atoms with van der Waals surface area (Å²) in [6.45, 7) is 18.1. The Morgan fingerprint density at radius 1 is 1.17 bits per heavy atom.